The second-order valence-electron chi connectivity index (χ2n) is 8.04. The lowest BCUT2D eigenvalue weighted by atomic mass is 9.78. The Kier molecular flexibility index (Phi) is 5.58. The number of rotatable bonds is 5. The number of carbonyl (C=O) groups is 1. The van der Waals surface area contributed by atoms with Crippen LogP contribution in [-0.4, -0.2) is 50.8 Å². The fourth-order valence-corrected chi connectivity index (χ4v) is 4.78. The van der Waals surface area contributed by atoms with Crippen LogP contribution in [0.1, 0.15) is 49.9 Å². The zero-order valence-electron chi connectivity index (χ0n) is 16.1. The lowest BCUT2D eigenvalue weighted by Crippen LogP contribution is -2.63. The van der Waals surface area contributed by atoms with Crippen LogP contribution in [0.4, 0.5) is 0 Å². The number of hydrogen-bond acceptors (Lipinski definition) is 3. The maximum atomic E-state index is 12.9. The second-order valence-corrected chi connectivity index (χ2v) is 8.04. The zero-order chi connectivity index (χ0) is 18.5. The number of nitrogens with one attached hydrogen (secondary N) is 1. The fourth-order valence-electron chi connectivity index (χ4n) is 4.78. The van der Waals surface area contributed by atoms with Crippen LogP contribution >= 0.6 is 0 Å². The highest BCUT2D eigenvalue weighted by molar-refractivity contribution is 5.76. The SMILES string of the molecule is O=C(CCc1ncc[nH]1)N1CCN(Cc2ccccc2)C2(CCCCC2)C1. The molecule has 1 aromatic carbocycles. The number of hydrogen-bond donors (Lipinski definition) is 1. The van der Waals surface area contributed by atoms with E-state index in [0.717, 1.165) is 32.0 Å². The lowest BCUT2D eigenvalue weighted by molar-refractivity contribution is -0.138. The highest BCUT2D eigenvalue weighted by atomic mass is 16.2. The maximum Gasteiger partial charge on any atom is 0.223 e. The minimum atomic E-state index is 0.159. The summed E-state index contributed by atoms with van der Waals surface area (Å²) in [5.74, 6) is 1.18. The average molecular weight is 367 g/mol. The molecule has 0 bridgehead atoms. The Labute approximate surface area is 161 Å². The summed E-state index contributed by atoms with van der Waals surface area (Å²) < 4.78 is 0. The molecule has 1 aliphatic carbocycles. The maximum absolute atomic E-state index is 12.9. The Bertz CT molecular complexity index is 722. The molecule has 5 nitrogen and oxygen atoms in total. The first-order chi connectivity index (χ1) is 13.3. The summed E-state index contributed by atoms with van der Waals surface area (Å²) in [5.41, 5.74) is 1.53. The van der Waals surface area contributed by atoms with Crippen LogP contribution in [-0.2, 0) is 17.8 Å². The monoisotopic (exact) mass is 366 g/mol. The molecule has 2 aliphatic rings. The van der Waals surface area contributed by atoms with Crippen LogP contribution in [0, 0.1) is 0 Å². The van der Waals surface area contributed by atoms with Crippen LogP contribution in [0.2, 0.25) is 0 Å². The van der Waals surface area contributed by atoms with Crippen LogP contribution in [0.25, 0.3) is 0 Å². The Morgan fingerprint density at radius 2 is 1.93 bits per heavy atom. The normalized spacial score (nSPS) is 20.1. The van der Waals surface area contributed by atoms with E-state index in [-0.39, 0.29) is 11.4 Å². The Balaban J connectivity index is 1.43. The van der Waals surface area contributed by atoms with E-state index < -0.39 is 0 Å². The van der Waals surface area contributed by atoms with Gasteiger partial charge in [0.25, 0.3) is 0 Å². The number of imidazole rings is 1. The van der Waals surface area contributed by atoms with Gasteiger partial charge in [-0.1, -0.05) is 49.6 Å². The van der Waals surface area contributed by atoms with E-state index >= 15 is 0 Å². The number of benzene rings is 1. The molecular formula is C22H30N4O. The van der Waals surface area contributed by atoms with Gasteiger partial charge in [0.2, 0.25) is 5.91 Å². The molecule has 0 radical (unpaired) electrons. The lowest BCUT2D eigenvalue weighted by Gasteiger charge is -2.53. The van der Waals surface area contributed by atoms with E-state index in [1.54, 1.807) is 6.20 Å². The van der Waals surface area contributed by atoms with Crippen molar-refractivity contribution in [3.63, 3.8) is 0 Å². The van der Waals surface area contributed by atoms with E-state index in [1.165, 1.54) is 37.7 Å². The minimum Gasteiger partial charge on any atom is -0.349 e. The van der Waals surface area contributed by atoms with Gasteiger partial charge in [-0.2, -0.15) is 0 Å². The smallest absolute Gasteiger partial charge is 0.223 e. The van der Waals surface area contributed by atoms with Gasteiger partial charge in [-0.15, -0.1) is 0 Å². The Hall–Kier alpha value is -2.14. The number of H-pyrrole nitrogens is 1. The van der Waals surface area contributed by atoms with E-state index in [1.807, 2.05) is 6.20 Å². The topological polar surface area (TPSA) is 52.2 Å². The Morgan fingerprint density at radius 1 is 1.11 bits per heavy atom. The first kappa shape index (κ1) is 18.2. The second kappa shape index (κ2) is 8.26. The molecule has 1 saturated heterocycles. The number of carbonyl (C=O) groups excluding carboxylic acids is 1. The summed E-state index contributed by atoms with van der Waals surface area (Å²) in [7, 11) is 0. The molecule has 2 heterocycles. The first-order valence-corrected chi connectivity index (χ1v) is 10.3. The number of nitrogens with zero attached hydrogens (tertiary/aromatic N) is 3. The molecule has 4 rings (SSSR count). The van der Waals surface area contributed by atoms with Gasteiger partial charge in [0.05, 0.1) is 0 Å². The van der Waals surface area contributed by atoms with Crippen LogP contribution < -0.4 is 0 Å². The number of piperazine rings is 1. The molecule has 0 unspecified atom stereocenters. The third-order valence-corrected chi connectivity index (χ3v) is 6.28. The van der Waals surface area contributed by atoms with Crippen molar-refractivity contribution in [2.45, 2.75) is 57.0 Å². The molecule has 1 aromatic heterocycles. The standard InChI is InChI=1S/C22H30N4O/c27-21(10-9-20-23-13-14-24-20)25-15-16-26(17-19-7-3-1-4-8-19)22(18-25)11-5-2-6-12-22/h1,3-4,7-8,13-14H,2,5-6,9-12,15-18H2,(H,23,24). The van der Waals surface area contributed by atoms with Crippen molar-refractivity contribution in [3.8, 4) is 0 Å². The van der Waals surface area contributed by atoms with Gasteiger partial charge in [-0.3, -0.25) is 9.69 Å². The van der Waals surface area contributed by atoms with Gasteiger partial charge >= 0.3 is 0 Å². The van der Waals surface area contributed by atoms with Crippen molar-refractivity contribution in [2.24, 2.45) is 0 Å². The van der Waals surface area contributed by atoms with Gasteiger partial charge in [-0.05, 0) is 18.4 Å². The van der Waals surface area contributed by atoms with Crippen molar-refractivity contribution in [3.05, 3.63) is 54.1 Å². The van der Waals surface area contributed by atoms with Crippen LogP contribution in [0.3, 0.4) is 0 Å². The summed E-state index contributed by atoms with van der Waals surface area (Å²) >= 11 is 0. The number of aromatic nitrogens is 2. The predicted octanol–water partition coefficient (Wildman–Crippen LogP) is 3.39. The van der Waals surface area contributed by atoms with Crippen LogP contribution in [0.15, 0.2) is 42.7 Å². The molecule has 2 aromatic rings. The molecular weight excluding hydrogens is 336 g/mol. The number of aryl methyl sites for hydroxylation is 1. The highest BCUT2D eigenvalue weighted by Gasteiger charge is 2.43. The van der Waals surface area contributed by atoms with Gasteiger partial charge < -0.3 is 9.88 Å². The summed E-state index contributed by atoms with van der Waals surface area (Å²) in [6.07, 6.45) is 11.1. The molecule has 27 heavy (non-hydrogen) atoms. The Morgan fingerprint density at radius 3 is 2.67 bits per heavy atom. The fraction of sp³-hybridized carbons (Fsp3) is 0.545. The molecule has 1 amide bonds. The van der Waals surface area contributed by atoms with Gasteiger partial charge in [0, 0.05) is 57.0 Å². The molecule has 144 valence electrons. The molecule has 0 atom stereocenters. The average Bonchev–Trinajstić information content (AvgIpc) is 3.23. The van der Waals surface area contributed by atoms with E-state index in [0.29, 0.717) is 12.8 Å². The molecule has 1 aliphatic heterocycles. The van der Waals surface area contributed by atoms with E-state index in [4.69, 9.17) is 0 Å². The summed E-state index contributed by atoms with van der Waals surface area (Å²) in [4.78, 5) is 25.0. The van der Waals surface area contributed by atoms with Crippen molar-refractivity contribution in [2.75, 3.05) is 19.6 Å². The minimum absolute atomic E-state index is 0.159. The predicted molar refractivity (Wildman–Crippen MR) is 106 cm³/mol. The van der Waals surface area contributed by atoms with Gasteiger partial charge in [0.15, 0.2) is 0 Å². The molecule has 1 N–H and O–H groups in total. The summed E-state index contributed by atoms with van der Waals surface area (Å²) in [5, 5.41) is 0. The summed E-state index contributed by atoms with van der Waals surface area (Å²) in [6, 6.07) is 10.8. The highest BCUT2D eigenvalue weighted by Crippen LogP contribution is 2.37. The zero-order valence-corrected chi connectivity index (χ0v) is 16.1. The molecule has 5 heteroatoms. The third kappa shape index (κ3) is 4.24. The van der Waals surface area contributed by atoms with Crippen molar-refractivity contribution >= 4 is 5.91 Å². The van der Waals surface area contributed by atoms with Crippen molar-refractivity contribution in [1.29, 1.82) is 0 Å². The first-order valence-electron chi connectivity index (χ1n) is 10.3. The van der Waals surface area contributed by atoms with Crippen LogP contribution in [0.5, 0.6) is 0 Å². The van der Waals surface area contributed by atoms with E-state index in [2.05, 4.69) is 50.1 Å². The summed E-state index contributed by atoms with van der Waals surface area (Å²) in [6.45, 7) is 3.69. The largest absolute Gasteiger partial charge is 0.349 e. The van der Waals surface area contributed by atoms with Crippen molar-refractivity contribution in [1.82, 2.24) is 19.8 Å². The molecule has 2 fully saturated rings. The van der Waals surface area contributed by atoms with Gasteiger partial charge in [0.1, 0.15) is 5.82 Å². The third-order valence-electron chi connectivity index (χ3n) is 6.28. The van der Waals surface area contributed by atoms with E-state index in [9.17, 15) is 4.79 Å². The number of amides is 1. The van der Waals surface area contributed by atoms with Gasteiger partial charge in [-0.25, -0.2) is 4.98 Å². The quantitative estimate of drug-likeness (QED) is 0.882. The molecule has 1 saturated carbocycles. The number of aromatic amines is 1. The molecule has 1 spiro atoms. The van der Waals surface area contributed by atoms with Crippen molar-refractivity contribution < 1.29 is 4.79 Å².